The molecule has 0 amide bonds. The molecule has 0 heterocycles. The molecule has 0 aliphatic carbocycles. The minimum atomic E-state index is 0.712. The lowest BCUT2D eigenvalue weighted by atomic mass is 10.1. The number of nitrogen functional groups attached to an aromatic ring is 2. The summed E-state index contributed by atoms with van der Waals surface area (Å²) in [6, 6.07) is 7.68. The van der Waals surface area contributed by atoms with Crippen LogP contribution in [0.3, 0.4) is 0 Å². The third-order valence-electron chi connectivity index (χ3n) is 2.12. The first kappa shape index (κ1) is 9.80. The number of nitrogens with two attached hydrogens (primary N) is 2. The molecule has 0 saturated heterocycles. The van der Waals surface area contributed by atoms with Crippen molar-refractivity contribution in [3.63, 3.8) is 0 Å². The summed E-state index contributed by atoms with van der Waals surface area (Å²) in [4.78, 5) is 0. The van der Waals surface area contributed by atoms with Crippen LogP contribution < -0.4 is 11.5 Å². The molecule has 0 bridgehead atoms. The van der Waals surface area contributed by atoms with E-state index in [2.05, 4.69) is 31.9 Å². The number of anilines is 2. The van der Waals surface area contributed by atoms with E-state index in [0.717, 1.165) is 19.7 Å². The van der Waals surface area contributed by atoms with Gasteiger partial charge in [-0.1, -0.05) is 12.1 Å². The van der Waals surface area contributed by atoms with Crippen LogP contribution in [0.2, 0.25) is 0 Å². The lowest BCUT2D eigenvalue weighted by Gasteiger charge is -2.07. The summed E-state index contributed by atoms with van der Waals surface area (Å²) in [6.45, 7) is 0. The zero-order chi connectivity index (χ0) is 10.3. The zero-order valence-electron chi connectivity index (χ0n) is 7.22. The first-order valence-corrected chi connectivity index (χ1v) is 5.61. The summed E-state index contributed by atoms with van der Waals surface area (Å²) in [5.41, 5.74) is 13.0. The third-order valence-corrected chi connectivity index (χ3v) is 3.83. The fourth-order valence-corrected chi connectivity index (χ4v) is 2.75. The van der Waals surface area contributed by atoms with Gasteiger partial charge in [0.2, 0.25) is 0 Å². The molecule has 2 nitrogen and oxygen atoms in total. The van der Waals surface area contributed by atoms with Gasteiger partial charge in [-0.05, 0) is 49.4 Å². The van der Waals surface area contributed by atoms with Crippen LogP contribution >= 0.6 is 31.9 Å². The van der Waals surface area contributed by atoms with Crippen molar-refractivity contribution < 1.29 is 0 Å². The second-order valence-electron chi connectivity index (χ2n) is 3.04. The minimum Gasteiger partial charge on any atom is -0.398 e. The fourth-order valence-electron chi connectivity index (χ4n) is 1.37. The topological polar surface area (TPSA) is 52.0 Å². The second-order valence-corrected chi connectivity index (χ2v) is 4.62. The molecule has 0 saturated carbocycles. The van der Waals surface area contributed by atoms with Crippen molar-refractivity contribution in [2.45, 2.75) is 0 Å². The first-order chi connectivity index (χ1) is 6.61. The van der Waals surface area contributed by atoms with Crippen LogP contribution in [0.15, 0.2) is 33.2 Å². The van der Waals surface area contributed by atoms with Gasteiger partial charge in [-0.2, -0.15) is 0 Å². The Bertz CT molecular complexity index is 466. The highest BCUT2D eigenvalue weighted by Crippen LogP contribution is 2.37. The summed E-state index contributed by atoms with van der Waals surface area (Å²) in [7, 11) is 0. The minimum absolute atomic E-state index is 0.712. The number of hydrogen-bond donors (Lipinski definition) is 2. The van der Waals surface area contributed by atoms with Crippen molar-refractivity contribution in [2.24, 2.45) is 0 Å². The molecule has 14 heavy (non-hydrogen) atoms. The lowest BCUT2D eigenvalue weighted by Crippen LogP contribution is -1.91. The molecule has 0 unspecified atom stereocenters. The molecular formula is C10H8Br2N2. The molecule has 0 aromatic heterocycles. The van der Waals surface area contributed by atoms with Crippen LogP contribution in [0.1, 0.15) is 0 Å². The molecule has 2 rings (SSSR count). The average Bonchev–Trinajstić information content (AvgIpc) is 2.17. The second kappa shape index (κ2) is 3.44. The molecule has 0 atom stereocenters. The molecule has 0 aliphatic rings. The molecule has 2 aromatic carbocycles. The van der Waals surface area contributed by atoms with E-state index in [-0.39, 0.29) is 0 Å². The maximum Gasteiger partial charge on any atom is 0.0495 e. The van der Waals surface area contributed by atoms with Crippen LogP contribution in [0.4, 0.5) is 11.4 Å². The van der Waals surface area contributed by atoms with Gasteiger partial charge in [0.05, 0.1) is 0 Å². The maximum atomic E-state index is 5.80. The number of hydrogen-bond acceptors (Lipinski definition) is 2. The van der Waals surface area contributed by atoms with Crippen molar-refractivity contribution in [1.29, 1.82) is 0 Å². The van der Waals surface area contributed by atoms with Crippen molar-refractivity contribution in [2.75, 3.05) is 11.5 Å². The van der Waals surface area contributed by atoms with E-state index in [1.807, 2.05) is 24.3 Å². The SMILES string of the molecule is Nc1ccc2ccc(N)c(Br)c2c1Br. The van der Waals surface area contributed by atoms with Gasteiger partial charge in [0, 0.05) is 25.7 Å². The van der Waals surface area contributed by atoms with Gasteiger partial charge in [0.25, 0.3) is 0 Å². The van der Waals surface area contributed by atoms with E-state index >= 15 is 0 Å². The molecular weight excluding hydrogens is 308 g/mol. The van der Waals surface area contributed by atoms with E-state index in [1.54, 1.807) is 0 Å². The lowest BCUT2D eigenvalue weighted by molar-refractivity contribution is 1.65. The smallest absolute Gasteiger partial charge is 0.0495 e. The van der Waals surface area contributed by atoms with Gasteiger partial charge in [-0.15, -0.1) is 0 Å². The van der Waals surface area contributed by atoms with Gasteiger partial charge in [-0.3, -0.25) is 0 Å². The summed E-state index contributed by atoms with van der Waals surface area (Å²) in [6.07, 6.45) is 0. The highest BCUT2D eigenvalue weighted by molar-refractivity contribution is 9.11. The molecule has 0 spiro atoms. The molecule has 2 aromatic rings. The van der Waals surface area contributed by atoms with Crippen molar-refractivity contribution in [3.05, 3.63) is 33.2 Å². The predicted molar refractivity (Wildman–Crippen MR) is 68.2 cm³/mol. The Morgan fingerprint density at radius 2 is 1.21 bits per heavy atom. The van der Waals surface area contributed by atoms with Crippen LogP contribution in [-0.4, -0.2) is 0 Å². The average molecular weight is 316 g/mol. The zero-order valence-corrected chi connectivity index (χ0v) is 10.4. The number of benzene rings is 2. The van der Waals surface area contributed by atoms with Crippen LogP contribution in [0, 0.1) is 0 Å². The number of halogens is 2. The molecule has 4 heteroatoms. The van der Waals surface area contributed by atoms with Crippen molar-refractivity contribution in [1.82, 2.24) is 0 Å². The molecule has 0 fully saturated rings. The Morgan fingerprint density at radius 1 is 0.786 bits per heavy atom. The predicted octanol–water partition coefficient (Wildman–Crippen LogP) is 3.53. The summed E-state index contributed by atoms with van der Waals surface area (Å²) in [5.74, 6) is 0. The molecule has 0 radical (unpaired) electrons. The highest BCUT2D eigenvalue weighted by Gasteiger charge is 2.08. The Labute approximate surface area is 98.5 Å². The first-order valence-electron chi connectivity index (χ1n) is 4.03. The third kappa shape index (κ3) is 1.38. The molecule has 0 aliphatic heterocycles. The molecule has 4 N–H and O–H groups in total. The van der Waals surface area contributed by atoms with Gasteiger partial charge >= 0.3 is 0 Å². The van der Waals surface area contributed by atoms with Crippen molar-refractivity contribution >= 4 is 54.0 Å². The molecule has 72 valence electrons. The van der Waals surface area contributed by atoms with Crippen LogP contribution in [0.25, 0.3) is 10.8 Å². The Morgan fingerprint density at radius 3 is 1.64 bits per heavy atom. The fraction of sp³-hybridized carbons (Fsp3) is 0. The largest absolute Gasteiger partial charge is 0.398 e. The Hall–Kier alpha value is -0.740. The van der Waals surface area contributed by atoms with Gasteiger partial charge in [0.1, 0.15) is 0 Å². The quantitative estimate of drug-likeness (QED) is 0.731. The Balaban J connectivity index is 2.98. The van der Waals surface area contributed by atoms with Crippen LogP contribution in [-0.2, 0) is 0 Å². The van der Waals surface area contributed by atoms with Gasteiger partial charge in [-0.25, -0.2) is 0 Å². The Kier molecular flexibility index (Phi) is 2.41. The van der Waals surface area contributed by atoms with Gasteiger partial charge < -0.3 is 11.5 Å². The van der Waals surface area contributed by atoms with E-state index in [9.17, 15) is 0 Å². The normalized spacial score (nSPS) is 10.7. The summed E-state index contributed by atoms with van der Waals surface area (Å²) in [5, 5.41) is 2.12. The maximum absolute atomic E-state index is 5.80. The van der Waals surface area contributed by atoms with Crippen molar-refractivity contribution in [3.8, 4) is 0 Å². The number of fused-ring (bicyclic) bond motifs is 1. The standard InChI is InChI=1S/C10H8Br2N2/c11-9-6(13)3-1-5-2-4-7(14)10(12)8(5)9/h1-4H,13-14H2. The van der Waals surface area contributed by atoms with E-state index in [4.69, 9.17) is 11.5 Å². The van der Waals surface area contributed by atoms with E-state index < -0.39 is 0 Å². The highest BCUT2D eigenvalue weighted by atomic mass is 79.9. The summed E-state index contributed by atoms with van der Waals surface area (Å²) < 4.78 is 1.77. The van der Waals surface area contributed by atoms with E-state index in [0.29, 0.717) is 11.4 Å². The van der Waals surface area contributed by atoms with Gasteiger partial charge in [0.15, 0.2) is 0 Å². The van der Waals surface area contributed by atoms with E-state index in [1.165, 1.54) is 0 Å². The number of rotatable bonds is 0. The van der Waals surface area contributed by atoms with Crippen LogP contribution in [0.5, 0.6) is 0 Å². The monoisotopic (exact) mass is 314 g/mol. The summed E-state index contributed by atoms with van der Waals surface area (Å²) >= 11 is 6.91.